The van der Waals surface area contributed by atoms with Gasteiger partial charge in [0.15, 0.2) is 10.9 Å². The third-order valence-corrected chi connectivity index (χ3v) is 14.3. The second kappa shape index (κ2) is 18.2. The SMILES string of the molecule is COCC(C)(C)[C@@H]1Cc2cc(OCC3(COCCOCC(C)(C)[C@@H]4Cc5cc(OC6CC(OC)C6)c(Cl)cc5-c5cc(=O)c(C(=O)O)cn54)CC3)c(Cl)cc2-c2cc(=O)c(C(=O)O)cn21. The molecule has 2 N–H and O–H groups in total. The smallest absolute Gasteiger partial charge is 0.341 e. The van der Waals surface area contributed by atoms with Gasteiger partial charge in [-0.3, -0.25) is 9.59 Å². The quantitative estimate of drug-likeness (QED) is 0.0862. The van der Waals surface area contributed by atoms with E-state index >= 15 is 0 Å². The number of hydrogen-bond acceptors (Lipinski definition) is 10. The minimum atomic E-state index is -1.29. The molecular weight excluding hydrogens is 879 g/mol. The molecule has 348 valence electrons. The number of benzene rings is 2. The van der Waals surface area contributed by atoms with Crippen LogP contribution in [0.2, 0.25) is 10.0 Å². The van der Waals surface area contributed by atoms with E-state index < -0.39 is 33.6 Å². The van der Waals surface area contributed by atoms with Crippen LogP contribution >= 0.6 is 23.2 Å². The predicted molar refractivity (Wildman–Crippen MR) is 244 cm³/mol. The van der Waals surface area contributed by atoms with E-state index in [-0.39, 0.29) is 40.8 Å². The lowest BCUT2D eigenvalue weighted by Gasteiger charge is -2.41. The van der Waals surface area contributed by atoms with Gasteiger partial charge in [0.05, 0.1) is 67.2 Å². The van der Waals surface area contributed by atoms with Crippen molar-refractivity contribution in [2.75, 3.05) is 53.9 Å². The Morgan fingerprint density at radius 1 is 0.708 bits per heavy atom. The van der Waals surface area contributed by atoms with Gasteiger partial charge in [0.2, 0.25) is 0 Å². The van der Waals surface area contributed by atoms with Crippen LogP contribution in [0.4, 0.5) is 0 Å². The maximum absolute atomic E-state index is 13.0. The largest absolute Gasteiger partial charge is 0.491 e. The molecule has 4 aromatic rings. The molecule has 14 nitrogen and oxygen atoms in total. The fourth-order valence-corrected chi connectivity index (χ4v) is 9.95. The maximum Gasteiger partial charge on any atom is 0.341 e. The first kappa shape index (κ1) is 46.8. The van der Waals surface area contributed by atoms with Gasteiger partial charge in [0, 0.05) is 91.0 Å². The van der Waals surface area contributed by atoms with Crippen LogP contribution in [0, 0.1) is 16.2 Å². The monoisotopic (exact) mass is 934 g/mol. The van der Waals surface area contributed by atoms with Gasteiger partial charge in [-0.05, 0) is 61.1 Å². The minimum absolute atomic E-state index is 0.00744. The normalized spacial score (nSPS) is 20.4. The fourth-order valence-electron chi connectivity index (χ4n) is 9.52. The summed E-state index contributed by atoms with van der Waals surface area (Å²) in [6, 6.07) is 9.72. The lowest BCUT2D eigenvalue weighted by molar-refractivity contribution is -0.0381. The molecule has 4 aliphatic rings. The number of ether oxygens (including phenoxy) is 6. The zero-order chi connectivity index (χ0) is 46.6. The van der Waals surface area contributed by atoms with Crippen molar-refractivity contribution in [1.29, 1.82) is 0 Å². The topological polar surface area (TPSA) is 174 Å². The summed E-state index contributed by atoms with van der Waals surface area (Å²) in [5, 5.41) is 20.4. The van der Waals surface area contributed by atoms with E-state index in [1.165, 1.54) is 24.5 Å². The van der Waals surface area contributed by atoms with Gasteiger partial charge in [-0.1, -0.05) is 50.9 Å². The molecule has 0 bridgehead atoms. The van der Waals surface area contributed by atoms with Crippen LogP contribution in [0.15, 0.2) is 58.4 Å². The molecule has 0 radical (unpaired) electrons. The van der Waals surface area contributed by atoms with Crippen molar-refractivity contribution < 1.29 is 48.2 Å². The number of aromatic carboxylic acids is 2. The summed E-state index contributed by atoms with van der Waals surface area (Å²) >= 11 is 13.6. The first-order valence-corrected chi connectivity index (χ1v) is 22.7. The number of carboxylic acids is 2. The van der Waals surface area contributed by atoms with Gasteiger partial charge < -0.3 is 47.8 Å². The molecule has 4 heterocycles. The number of rotatable bonds is 19. The first-order chi connectivity index (χ1) is 30.8. The second-order valence-electron chi connectivity index (χ2n) is 19.5. The van der Waals surface area contributed by atoms with Gasteiger partial charge >= 0.3 is 11.9 Å². The van der Waals surface area contributed by atoms with Gasteiger partial charge in [-0.2, -0.15) is 0 Å². The highest BCUT2D eigenvalue weighted by Gasteiger charge is 2.45. The fraction of sp³-hybridized carbons (Fsp3) is 0.510. The number of nitrogens with zero attached hydrogens (tertiary/aromatic N) is 2. The second-order valence-corrected chi connectivity index (χ2v) is 20.3. The number of carbonyl (C=O) groups is 2. The van der Waals surface area contributed by atoms with Gasteiger partial charge in [-0.15, -0.1) is 0 Å². The lowest BCUT2D eigenvalue weighted by Crippen LogP contribution is -2.39. The molecule has 65 heavy (non-hydrogen) atoms. The van der Waals surface area contributed by atoms with Gasteiger partial charge in [0.1, 0.15) is 28.7 Å². The minimum Gasteiger partial charge on any atom is -0.491 e. The molecule has 8 rings (SSSR count). The molecule has 2 aromatic carbocycles. The van der Waals surface area contributed by atoms with Crippen molar-refractivity contribution in [2.24, 2.45) is 16.2 Å². The van der Waals surface area contributed by atoms with E-state index in [0.29, 0.717) is 85.4 Å². The van der Waals surface area contributed by atoms with E-state index in [0.717, 1.165) is 47.9 Å². The third kappa shape index (κ3) is 9.48. The molecule has 0 spiro atoms. The Labute approximate surface area is 387 Å². The molecular formula is C49H56Cl2N2O12. The van der Waals surface area contributed by atoms with Gasteiger partial charge in [-0.25, -0.2) is 9.59 Å². The van der Waals surface area contributed by atoms with Crippen LogP contribution in [0.1, 0.15) is 97.3 Å². The lowest BCUT2D eigenvalue weighted by atomic mass is 9.77. The number of halogens is 2. The summed E-state index contributed by atoms with van der Waals surface area (Å²) in [6.07, 6.45) is 7.49. The van der Waals surface area contributed by atoms with Crippen molar-refractivity contribution >= 4 is 35.1 Å². The Balaban J connectivity index is 0.895. The summed E-state index contributed by atoms with van der Waals surface area (Å²) in [6.45, 7) is 10.5. The van der Waals surface area contributed by atoms with Crippen LogP contribution in [0.3, 0.4) is 0 Å². The summed E-state index contributed by atoms with van der Waals surface area (Å²) in [7, 11) is 3.32. The standard InChI is InChI=1S/C49H56Cl2N2O12/c1-47(2,23-60-5)43-13-27-11-41(35(50)17-31(27)37-19-39(54)33(45(56)57)21-52(37)43)64-26-49(7-8-49)25-63-10-9-62-24-48(3,4)44-14-28-12-42(65-30-15-29(16-30)61-6)36(51)18-32(28)38-20-40(55)34(46(58)59)22-53(38)44/h11-12,17-22,29-30,43-44H,7-10,13-16,23-26H2,1-6H3,(H,56,57)(H,58,59)/t29?,30?,43-,44-/m0/s1. The Bertz CT molecular complexity index is 2630. The Morgan fingerprint density at radius 3 is 1.72 bits per heavy atom. The summed E-state index contributed by atoms with van der Waals surface area (Å²) in [5.74, 6) is -1.47. The van der Waals surface area contributed by atoms with Crippen molar-refractivity contribution in [2.45, 2.75) is 90.5 Å². The number of hydrogen-bond donors (Lipinski definition) is 2. The molecule has 2 fully saturated rings. The molecule has 0 amide bonds. The van der Waals surface area contributed by atoms with Crippen LogP contribution in [-0.4, -0.2) is 97.4 Å². The molecule has 2 aliphatic heterocycles. The highest BCUT2D eigenvalue weighted by atomic mass is 35.5. The summed E-state index contributed by atoms with van der Waals surface area (Å²) in [4.78, 5) is 50.0. The zero-order valence-corrected chi connectivity index (χ0v) is 39.1. The van der Waals surface area contributed by atoms with Crippen molar-refractivity contribution in [3.05, 3.63) is 102 Å². The highest BCUT2D eigenvalue weighted by Crippen LogP contribution is 2.49. The Hall–Kier alpha value is -4.70. The van der Waals surface area contributed by atoms with Crippen molar-refractivity contribution in [3.63, 3.8) is 0 Å². The van der Waals surface area contributed by atoms with Crippen molar-refractivity contribution in [1.82, 2.24) is 9.13 Å². The van der Waals surface area contributed by atoms with Crippen LogP contribution in [-0.2, 0) is 31.8 Å². The molecule has 2 aromatic heterocycles. The number of carboxylic acid groups (broad SMARTS) is 2. The Morgan fingerprint density at radius 2 is 1.22 bits per heavy atom. The van der Waals surface area contributed by atoms with E-state index in [1.54, 1.807) is 26.4 Å². The van der Waals surface area contributed by atoms with E-state index in [2.05, 4.69) is 27.7 Å². The molecule has 16 heteroatoms. The number of aromatic nitrogens is 2. The first-order valence-electron chi connectivity index (χ1n) is 21.9. The van der Waals surface area contributed by atoms with E-state index in [1.807, 2.05) is 21.3 Å². The molecule has 2 atom stereocenters. The maximum atomic E-state index is 13.0. The molecule has 2 saturated carbocycles. The number of fused-ring (bicyclic) bond motifs is 6. The average molecular weight is 936 g/mol. The summed E-state index contributed by atoms with van der Waals surface area (Å²) in [5.41, 5.74) is 1.70. The van der Waals surface area contributed by atoms with Crippen LogP contribution in [0.5, 0.6) is 11.5 Å². The number of methoxy groups -OCH3 is 2. The van der Waals surface area contributed by atoms with Crippen LogP contribution in [0.25, 0.3) is 22.5 Å². The molecule has 2 aliphatic carbocycles. The van der Waals surface area contributed by atoms with Crippen molar-refractivity contribution in [3.8, 4) is 34.0 Å². The predicted octanol–water partition coefficient (Wildman–Crippen LogP) is 8.39. The zero-order valence-electron chi connectivity index (χ0n) is 37.5. The summed E-state index contributed by atoms with van der Waals surface area (Å²) < 4.78 is 39.8. The van der Waals surface area contributed by atoms with E-state index in [4.69, 9.17) is 51.6 Å². The van der Waals surface area contributed by atoms with Crippen LogP contribution < -0.4 is 20.3 Å². The van der Waals surface area contributed by atoms with E-state index in [9.17, 15) is 29.4 Å². The third-order valence-electron chi connectivity index (χ3n) is 13.7. The average Bonchev–Trinajstić information content (AvgIpc) is 4.01. The molecule has 0 saturated heterocycles. The highest BCUT2D eigenvalue weighted by molar-refractivity contribution is 6.32. The van der Waals surface area contributed by atoms with Gasteiger partial charge in [0.25, 0.3) is 0 Å². The Kier molecular flexibility index (Phi) is 13.1. The molecule has 0 unspecified atom stereocenters. The number of pyridine rings is 2.